The van der Waals surface area contributed by atoms with Crippen LogP contribution in [0.2, 0.25) is 5.02 Å². The highest BCUT2D eigenvalue weighted by molar-refractivity contribution is 6.30. The van der Waals surface area contributed by atoms with Crippen LogP contribution in [0, 0.1) is 0 Å². The van der Waals surface area contributed by atoms with E-state index in [0.717, 1.165) is 17.9 Å². The molecular formula is C22H25ClN2O3+2. The molecule has 28 heavy (non-hydrogen) atoms. The number of ether oxygens (including phenoxy) is 1. The summed E-state index contributed by atoms with van der Waals surface area (Å²) in [6, 6.07) is 12.6. The second-order valence-corrected chi connectivity index (χ2v) is 7.89. The van der Waals surface area contributed by atoms with Gasteiger partial charge in [0.15, 0.2) is 5.43 Å². The van der Waals surface area contributed by atoms with Crippen molar-refractivity contribution in [2.75, 3.05) is 46.4 Å². The van der Waals surface area contributed by atoms with Crippen LogP contribution in [0.1, 0.15) is 0 Å². The number of benzene rings is 2. The maximum Gasteiger partial charge on any atom is 0.200 e. The summed E-state index contributed by atoms with van der Waals surface area (Å²) in [5.41, 5.74) is 1.80. The molecule has 1 aliphatic rings. The van der Waals surface area contributed by atoms with E-state index < -0.39 is 0 Å². The number of quaternary nitrogens is 2. The Bertz CT molecular complexity index is 1010. The van der Waals surface area contributed by atoms with Crippen molar-refractivity contribution >= 4 is 22.6 Å². The maximum atomic E-state index is 12.8. The first-order valence-electron chi connectivity index (χ1n) is 9.69. The van der Waals surface area contributed by atoms with E-state index in [-0.39, 0.29) is 5.43 Å². The van der Waals surface area contributed by atoms with Crippen LogP contribution in [-0.4, -0.2) is 46.4 Å². The van der Waals surface area contributed by atoms with Gasteiger partial charge in [-0.15, -0.1) is 0 Å². The first-order chi connectivity index (χ1) is 13.6. The van der Waals surface area contributed by atoms with Gasteiger partial charge in [-0.3, -0.25) is 4.79 Å². The monoisotopic (exact) mass is 400 g/mol. The van der Waals surface area contributed by atoms with Crippen LogP contribution in [0.15, 0.2) is 57.9 Å². The smallest absolute Gasteiger partial charge is 0.200 e. The molecule has 6 heteroatoms. The van der Waals surface area contributed by atoms with Crippen molar-refractivity contribution in [3.8, 4) is 16.9 Å². The Labute approximate surface area is 169 Å². The lowest BCUT2D eigenvalue weighted by molar-refractivity contribution is -1.00. The van der Waals surface area contributed by atoms with Gasteiger partial charge in [0.25, 0.3) is 0 Å². The zero-order chi connectivity index (χ0) is 19.5. The van der Waals surface area contributed by atoms with Crippen LogP contribution in [0.4, 0.5) is 0 Å². The van der Waals surface area contributed by atoms with Gasteiger partial charge in [0, 0.05) is 11.1 Å². The summed E-state index contributed by atoms with van der Waals surface area (Å²) in [6.45, 7) is 6.46. The summed E-state index contributed by atoms with van der Waals surface area (Å²) in [6.07, 6.45) is 1.51. The van der Waals surface area contributed by atoms with Crippen LogP contribution in [0.25, 0.3) is 22.1 Å². The Balaban J connectivity index is 1.46. The summed E-state index contributed by atoms with van der Waals surface area (Å²) in [5.74, 6) is 0.731. The van der Waals surface area contributed by atoms with E-state index in [1.54, 1.807) is 34.1 Å². The zero-order valence-corrected chi connectivity index (χ0v) is 16.7. The minimum atomic E-state index is -0.0560. The largest absolute Gasteiger partial charge is 0.488 e. The Morgan fingerprint density at radius 2 is 1.82 bits per heavy atom. The Kier molecular flexibility index (Phi) is 5.67. The highest BCUT2D eigenvalue weighted by atomic mass is 35.5. The highest BCUT2D eigenvalue weighted by Crippen LogP contribution is 2.24. The fourth-order valence-corrected chi connectivity index (χ4v) is 3.75. The van der Waals surface area contributed by atoms with E-state index in [0.29, 0.717) is 28.2 Å². The van der Waals surface area contributed by atoms with Crippen LogP contribution in [0.3, 0.4) is 0 Å². The van der Waals surface area contributed by atoms with E-state index in [2.05, 4.69) is 7.05 Å². The average molecular weight is 401 g/mol. The second kappa shape index (κ2) is 8.35. The number of likely N-dealkylation sites (N-methyl/N-ethyl adjacent to an activating group) is 1. The van der Waals surface area contributed by atoms with Crippen molar-refractivity contribution in [1.82, 2.24) is 0 Å². The molecule has 2 aromatic carbocycles. The fraction of sp³-hybridized carbons (Fsp3) is 0.318. The van der Waals surface area contributed by atoms with Crippen molar-refractivity contribution in [2.24, 2.45) is 0 Å². The molecular weight excluding hydrogens is 376 g/mol. The van der Waals surface area contributed by atoms with Crippen LogP contribution in [-0.2, 0) is 0 Å². The zero-order valence-electron chi connectivity index (χ0n) is 16.0. The molecule has 1 saturated heterocycles. The van der Waals surface area contributed by atoms with Crippen molar-refractivity contribution in [2.45, 2.75) is 0 Å². The first kappa shape index (κ1) is 19.0. The molecule has 0 amide bonds. The minimum absolute atomic E-state index is 0.0560. The van der Waals surface area contributed by atoms with Gasteiger partial charge in [0.2, 0.25) is 0 Å². The van der Waals surface area contributed by atoms with Gasteiger partial charge in [0.1, 0.15) is 56.9 Å². The SMILES string of the molecule is C[NH+]1CC[NH+](CCOc2ccc3c(=O)c(-c4ccc(Cl)cc4)coc3c2)CC1. The molecule has 0 radical (unpaired) electrons. The molecule has 0 unspecified atom stereocenters. The molecule has 3 aromatic rings. The molecule has 5 nitrogen and oxygen atoms in total. The number of halogens is 1. The van der Waals surface area contributed by atoms with Crippen LogP contribution >= 0.6 is 11.6 Å². The van der Waals surface area contributed by atoms with Gasteiger partial charge in [-0.1, -0.05) is 23.7 Å². The lowest BCUT2D eigenvalue weighted by Gasteiger charge is -2.27. The third-order valence-corrected chi connectivity index (χ3v) is 5.69. The molecule has 2 heterocycles. The van der Waals surface area contributed by atoms with Crippen molar-refractivity contribution in [3.05, 3.63) is 64.0 Å². The van der Waals surface area contributed by atoms with E-state index in [9.17, 15) is 4.79 Å². The van der Waals surface area contributed by atoms with Gasteiger partial charge >= 0.3 is 0 Å². The molecule has 4 rings (SSSR count). The molecule has 1 aromatic heterocycles. The highest BCUT2D eigenvalue weighted by Gasteiger charge is 2.19. The fourth-order valence-electron chi connectivity index (χ4n) is 3.62. The first-order valence-corrected chi connectivity index (χ1v) is 10.1. The number of hydrogen-bond donors (Lipinski definition) is 2. The topological polar surface area (TPSA) is 48.3 Å². The van der Waals surface area contributed by atoms with Gasteiger partial charge in [-0.05, 0) is 29.8 Å². The third-order valence-electron chi connectivity index (χ3n) is 5.44. The molecule has 0 aliphatic carbocycles. The van der Waals surface area contributed by atoms with E-state index in [1.807, 2.05) is 18.2 Å². The summed E-state index contributed by atoms with van der Waals surface area (Å²) in [5, 5.41) is 1.18. The Morgan fingerprint density at radius 1 is 1.07 bits per heavy atom. The molecule has 0 spiro atoms. The molecule has 0 saturated carbocycles. The van der Waals surface area contributed by atoms with Gasteiger partial charge < -0.3 is 19.0 Å². The van der Waals surface area contributed by atoms with E-state index >= 15 is 0 Å². The predicted molar refractivity (Wildman–Crippen MR) is 111 cm³/mol. The number of piperazine rings is 1. The van der Waals surface area contributed by atoms with Gasteiger partial charge in [-0.2, -0.15) is 0 Å². The summed E-state index contributed by atoms with van der Waals surface area (Å²) >= 11 is 5.93. The molecule has 146 valence electrons. The normalized spacial score (nSPS) is 19.6. The van der Waals surface area contributed by atoms with Crippen molar-refractivity contribution in [1.29, 1.82) is 0 Å². The average Bonchev–Trinajstić information content (AvgIpc) is 2.71. The summed E-state index contributed by atoms with van der Waals surface area (Å²) < 4.78 is 11.6. The molecule has 0 atom stereocenters. The second-order valence-electron chi connectivity index (χ2n) is 7.45. The molecule has 0 bridgehead atoms. The predicted octanol–water partition coefficient (Wildman–Crippen LogP) is 0.905. The van der Waals surface area contributed by atoms with Crippen LogP contribution < -0.4 is 20.0 Å². The molecule has 1 aliphatic heterocycles. The summed E-state index contributed by atoms with van der Waals surface area (Å²) in [4.78, 5) is 16.0. The van der Waals surface area contributed by atoms with E-state index in [1.165, 1.54) is 32.4 Å². The number of hydrogen-bond acceptors (Lipinski definition) is 3. The van der Waals surface area contributed by atoms with Crippen molar-refractivity contribution in [3.63, 3.8) is 0 Å². The lowest BCUT2D eigenvalue weighted by Crippen LogP contribution is -3.27. The lowest BCUT2D eigenvalue weighted by atomic mass is 10.1. The molecule has 1 fully saturated rings. The Morgan fingerprint density at radius 3 is 2.57 bits per heavy atom. The minimum Gasteiger partial charge on any atom is -0.488 e. The van der Waals surface area contributed by atoms with Crippen LogP contribution in [0.5, 0.6) is 5.75 Å². The number of nitrogens with one attached hydrogen (secondary N) is 2. The maximum absolute atomic E-state index is 12.8. The summed E-state index contributed by atoms with van der Waals surface area (Å²) in [7, 11) is 2.24. The molecule has 2 N–H and O–H groups in total. The number of rotatable bonds is 5. The standard InChI is InChI=1S/C22H23ClN2O3/c1-24-8-10-25(11-9-24)12-13-27-18-6-7-19-21(14-18)28-15-20(22(19)26)16-2-4-17(23)5-3-16/h2-7,14-15H,8-13H2,1H3/p+2. The third kappa shape index (κ3) is 4.22. The van der Waals surface area contributed by atoms with E-state index in [4.69, 9.17) is 20.8 Å². The van der Waals surface area contributed by atoms with Crippen molar-refractivity contribution < 1.29 is 19.0 Å². The van der Waals surface area contributed by atoms with Gasteiger partial charge in [0.05, 0.1) is 18.0 Å². The van der Waals surface area contributed by atoms with Gasteiger partial charge in [-0.25, -0.2) is 0 Å². The Hall–Kier alpha value is -2.34. The number of fused-ring (bicyclic) bond motifs is 1. The quantitative estimate of drug-likeness (QED) is 0.669.